The van der Waals surface area contributed by atoms with Crippen molar-refractivity contribution in [2.45, 2.75) is 6.18 Å². The lowest BCUT2D eigenvalue weighted by molar-refractivity contribution is -0.137. The van der Waals surface area contributed by atoms with Gasteiger partial charge in [-0.25, -0.2) is 4.98 Å². The summed E-state index contributed by atoms with van der Waals surface area (Å²) in [4.78, 5) is 15.6. The fraction of sp³-hybridized carbons (Fsp3) is 0.200. The van der Waals surface area contributed by atoms with Crippen LogP contribution in [-0.4, -0.2) is 24.6 Å². The van der Waals surface area contributed by atoms with Crippen molar-refractivity contribution in [3.05, 3.63) is 48.2 Å². The molecule has 1 aromatic carbocycles. The molecule has 1 amide bonds. The third-order valence-corrected chi connectivity index (χ3v) is 2.78. The van der Waals surface area contributed by atoms with E-state index < -0.39 is 17.6 Å². The van der Waals surface area contributed by atoms with Gasteiger partial charge < -0.3 is 14.8 Å². The summed E-state index contributed by atoms with van der Waals surface area (Å²) in [7, 11) is 1.47. The number of alkyl halides is 3. The maximum Gasteiger partial charge on any atom is 0.416 e. The van der Waals surface area contributed by atoms with E-state index >= 15 is 0 Å². The molecule has 5 nitrogen and oxygen atoms in total. The van der Waals surface area contributed by atoms with Gasteiger partial charge in [-0.2, -0.15) is 13.2 Å². The topological polar surface area (TPSA) is 60.5 Å². The van der Waals surface area contributed by atoms with Gasteiger partial charge in [-0.3, -0.25) is 4.79 Å². The second kappa shape index (κ2) is 6.99. The maximum atomic E-state index is 12.4. The number of hydrogen-bond donors (Lipinski definition) is 1. The minimum Gasteiger partial charge on any atom is -0.484 e. The molecule has 2 rings (SSSR count). The first-order valence-corrected chi connectivity index (χ1v) is 6.48. The Morgan fingerprint density at radius 3 is 2.39 bits per heavy atom. The van der Waals surface area contributed by atoms with Crippen LogP contribution >= 0.6 is 0 Å². The van der Waals surface area contributed by atoms with Crippen LogP contribution in [0.3, 0.4) is 0 Å². The van der Waals surface area contributed by atoms with Crippen LogP contribution in [0.2, 0.25) is 0 Å². The predicted molar refractivity (Wildman–Crippen MR) is 76.4 cm³/mol. The molecule has 122 valence electrons. The van der Waals surface area contributed by atoms with Gasteiger partial charge >= 0.3 is 6.18 Å². The van der Waals surface area contributed by atoms with Crippen molar-refractivity contribution >= 4 is 11.6 Å². The first-order valence-electron chi connectivity index (χ1n) is 6.48. The lowest BCUT2D eigenvalue weighted by Crippen LogP contribution is -2.20. The summed E-state index contributed by atoms with van der Waals surface area (Å²) < 4.78 is 47.2. The number of benzene rings is 1. The lowest BCUT2D eigenvalue weighted by atomic mass is 10.2. The summed E-state index contributed by atoms with van der Waals surface area (Å²) in [6.07, 6.45) is -2.99. The predicted octanol–water partition coefficient (Wildman–Crippen LogP) is 3.13. The van der Waals surface area contributed by atoms with Gasteiger partial charge in [0.05, 0.1) is 24.6 Å². The summed E-state index contributed by atoms with van der Waals surface area (Å²) in [5.74, 6) is 0.113. The molecule has 0 unspecified atom stereocenters. The largest absolute Gasteiger partial charge is 0.484 e. The number of amides is 1. The number of pyridine rings is 1. The Kier molecular flexibility index (Phi) is 5.05. The molecule has 0 atom stereocenters. The van der Waals surface area contributed by atoms with E-state index in [0.717, 1.165) is 24.3 Å². The molecule has 1 N–H and O–H groups in total. The van der Waals surface area contributed by atoms with Gasteiger partial charge in [-0.1, -0.05) is 0 Å². The molecule has 1 heterocycles. The van der Waals surface area contributed by atoms with Crippen LogP contribution in [0.1, 0.15) is 5.56 Å². The van der Waals surface area contributed by atoms with E-state index in [9.17, 15) is 18.0 Å². The van der Waals surface area contributed by atoms with Crippen LogP contribution in [0, 0.1) is 0 Å². The Labute approximate surface area is 130 Å². The van der Waals surface area contributed by atoms with Crippen LogP contribution in [0.5, 0.6) is 11.6 Å². The van der Waals surface area contributed by atoms with Crippen LogP contribution in [0.15, 0.2) is 42.6 Å². The van der Waals surface area contributed by atoms with E-state index in [4.69, 9.17) is 9.47 Å². The number of nitrogens with one attached hydrogen (secondary N) is 1. The number of carbonyl (C=O) groups excluding carboxylic acids is 1. The quantitative estimate of drug-likeness (QED) is 0.917. The number of anilines is 1. The highest BCUT2D eigenvalue weighted by molar-refractivity contribution is 5.91. The molecular weight excluding hydrogens is 313 g/mol. The smallest absolute Gasteiger partial charge is 0.416 e. The van der Waals surface area contributed by atoms with Crippen molar-refractivity contribution in [3.8, 4) is 11.6 Å². The van der Waals surface area contributed by atoms with Crippen LogP contribution in [0.25, 0.3) is 0 Å². The number of rotatable bonds is 5. The summed E-state index contributed by atoms with van der Waals surface area (Å²) in [5.41, 5.74) is -0.328. The Hall–Kier alpha value is -2.77. The average molecular weight is 326 g/mol. The molecular formula is C15H13F3N2O3. The van der Waals surface area contributed by atoms with Gasteiger partial charge in [0.1, 0.15) is 5.75 Å². The molecule has 0 spiro atoms. The fourth-order valence-corrected chi connectivity index (χ4v) is 1.66. The van der Waals surface area contributed by atoms with Crippen molar-refractivity contribution < 1.29 is 27.4 Å². The third kappa shape index (κ3) is 4.87. The number of carbonyl (C=O) groups is 1. The SMILES string of the molecule is COc1ccc(NC(=O)COc2ccc(C(F)(F)F)cc2)cn1. The second-order valence-corrected chi connectivity index (χ2v) is 4.45. The highest BCUT2D eigenvalue weighted by Crippen LogP contribution is 2.30. The van der Waals surface area contributed by atoms with E-state index in [2.05, 4.69) is 10.3 Å². The van der Waals surface area contributed by atoms with E-state index in [1.807, 2.05) is 0 Å². The van der Waals surface area contributed by atoms with E-state index in [-0.39, 0.29) is 12.4 Å². The molecule has 23 heavy (non-hydrogen) atoms. The number of halogens is 3. The number of hydrogen-bond acceptors (Lipinski definition) is 4. The number of nitrogens with zero attached hydrogens (tertiary/aromatic N) is 1. The Bertz CT molecular complexity index is 655. The highest BCUT2D eigenvalue weighted by atomic mass is 19.4. The molecule has 8 heteroatoms. The Morgan fingerprint density at radius 1 is 1.17 bits per heavy atom. The third-order valence-electron chi connectivity index (χ3n) is 2.78. The first-order chi connectivity index (χ1) is 10.9. The molecule has 0 aliphatic heterocycles. The molecule has 0 saturated heterocycles. The van der Waals surface area contributed by atoms with Crippen molar-refractivity contribution in [3.63, 3.8) is 0 Å². The molecule has 0 fully saturated rings. The van der Waals surface area contributed by atoms with Gasteiger partial charge in [-0.15, -0.1) is 0 Å². The standard InChI is InChI=1S/C15H13F3N2O3/c1-22-14-7-4-11(8-19-14)20-13(21)9-23-12-5-2-10(3-6-12)15(16,17)18/h2-8H,9H2,1H3,(H,20,21). The van der Waals surface area contributed by atoms with Gasteiger partial charge in [0, 0.05) is 6.07 Å². The normalized spacial score (nSPS) is 11.0. The zero-order valence-corrected chi connectivity index (χ0v) is 12.1. The average Bonchev–Trinajstić information content (AvgIpc) is 2.53. The van der Waals surface area contributed by atoms with E-state index in [1.54, 1.807) is 12.1 Å². The number of methoxy groups -OCH3 is 1. The van der Waals surface area contributed by atoms with Crippen molar-refractivity contribution in [1.82, 2.24) is 4.98 Å². The van der Waals surface area contributed by atoms with Gasteiger partial charge in [0.2, 0.25) is 5.88 Å². The maximum absolute atomic E-state index is 12.4. The second-order valence-electron chi connectivity index (χ2n) is 4.45. The van der Waals surface area contributed by atoms with E-state index in [1.165, 1.54) is 13.3 Å². The summed E-state index contributed by atoms with van der Waals surface area (Å²) in [6, 6.07) is 7.27. The molecule has 1 aromatic heterocycles. The van der Waals surface area contributed by atoms with Crippen LogP contribution in [0.4, 0.5) is 18.9 Å². The van der Waals surface area contributed by atoms with Gasteiger partial charge in [-0.05, 0) is 30.3 Å². The minimum atomic E-state index is -4.41. The Morgan fingerprint density at radius 2 is 1.87 bits per heavy atom. The molecule has 2 aromatic rings. The van der Waals surface area contributed by atoms with Crippen molar-refractivity contribution in [1.29, 1.82) is 0 Å². The number of aromatic nitrogens is 1. The monoisotopic (exact) mass is 326 g/mol. The van der Waals surface area contributed by atoms with Gasteiger partial charge in [0.25, 0.3) is 5.91 Å². The highest BCUT2D eigenvalue weighted by Gasteiger charge is 2.30. The Balaban J connectivity index is 1.86. The summed E-state index contributed by atoms with van der Waals surface area (Å²) in [6.45, 7) is -0.336. The molecule has 0 aliphatic carbocycles. The minimum absolute atomic E-state index is 0.168. The van der Waals surface area contributed by atoms with E-state index in [0.29, 0.717) is 11.6 Å². The van der Waals surface area contributed by atoms with Crippen LogP contribution in [-0.2, 0) is 11.0 Å². The van der Waals surface area contributed by atoms with Crippen molar-refractivity contribution in [2.24, 2.45) is 0 Å². The van der Waals surface area contributed by atoms with Crippen molar-refractivity contribution in [2.75, 3.05) is 19.0 Å². The zero-order chi connectivity index (χ0) is 16.9. The van der Waals surface area contributed by atoms with Crippen LogP contribution < -0.4 is 14.8 Å². The summed E-state index contributed by atoms with van der Waals surface area (Å²) >= 11 is 0. The summed E-state index contributed by atoms with van der Waals surface area (Å²) in [5, 5.41) is 2.54. The first kappa shape index (κ1) is 16.6. The molecule has 0 aliphatic rings. The lowest BCUT2D eigenvalue weighted by Gasteiger charge is -2.09. The molecule has 0 saturated carbocycles. The van der Waals surface area contributed by atoms with Gasteiger partial charge in [0.15, 0.2) is 6.61 Å². The fourth-order valence-electron chi connectivity index (χ4n) is 1.66. The molecule has 0 bridgehead atoms. The zero-order valence-electron chi connectivity index (χ0n) is 12.1. The number of ether oxygens (including phenoxy) is 2. The molecule has 0 radical (unpaired) electrons.